The number of hydrogen-bond donors (Lipinski definition) is 2. The summed E-state index contributed by atoms with van der Waals surface area (Å²) in [5.41, 5.74) is 6.12. The number of aryl methyl sites for hydroxylation is 1. The molecule has 0 unspecified atom stereocenters. The predicted molar refractivity (Wildman–Crippen MR) is 122 cm³/mol. The Bertz CT molecular complexity index is 1250. The predicted octanol–water partition coefficient (Wildman–Crippen LogP) is 5.22. The van der Waals surface area contributed by atoms with E-state index in [2.05, 4.69) is 57.4 Å². The first-order chi connectivity index (χ1) is 15.2. The SMILES string of the molecule is Cc1c(CN2CCC[C@@H]2c2cccc(Nc3ccc(C#N)nc3)n2)[nH]c2ccccc12. The van der Waals surface area contributed by atoms with Gasteiger partial charge in [-0.25, -0.2) is 9.97 Å². The van der Waals surface area contributed by atoms with Crippen molar-refractivity contribution in [1.82, 2.24) is 19.9 Å². The van der Waals surface area contributed by atoms with Gasteiger partial charge in [-0.2, -0.15) is 5.26 Å². The second-order valence-electron chi connectivity index (χ2n) is 8.02. The molecule has 154 valence electrons. The third kappa shape index (κ3) is 3.88. The van der Waals surface area contributed by atoms with Gasteiger partial charge in [-0.3, -0.25) is 4.90 Å². The number of aromatic nitrogens is 3. The number of fused-ring (bicyclic) bond motifs is 1. The van der Waals surface area contributed by atoms with Gasteiger partial charge in [0, 0.05) is 23.1 Å². The molecule has 31 heavy (non-hydrogen) atoms. The number of anilines is 2. The quantitative estimate of drug-likeness (QED) is 0.473. The van der Waals surface area contributed by atoms with Gasteiger partial charge >= 0.3 is 0 Å². The molecule has 1 fully saturated rings. The van der Waals surface area contributed by atoms with Gasteiger partial charge in [-0.05, 0) is 62.2 Å². The van der Waals surface area contributed by atoms with E-state index in [-0.39, 0.29) is 0 Å². The first-order valence-electron chi connectivity index (χ1n) is 10.6. The number of pyridine rings is 2. The normalized spacial score (nSPS) is 16.5. The molecule has 5 rings (SSSR count). The van der Waals surface area contributed by atoms with Crippen LogP contribution in [0.25, 0.3) is 10.9 Å². The molecule has 3 aromatic heterocycles. The molecule has 4 aromatic rings. The number of aromatic amines is 1. The maximum Gasteiger partial charge on any atom is 0.140 e. The molecule has 0 saturated carbocycles. The molecule has 1 aromatic carbocycles. The van der Waals surface area contributed by atoms with Crippen LogP contribution in [-0.4, -0.2) is 26.4 Å². The van der Waals surface area contributed by atoms with Crippen LogP contribution in [0.5, 0.6) is 0 Å². The number of nitriles is 1. The number of H-pyrrole nitrogens is 1. The lowest BCUT2D eigenvalue weighted by Crippen LogP contribution is -2.24. The summed E-state index contributed by atoms with van der Waals surface area (Å²) >= 11 is 0. The van der Waals surface area contributed by atoms with E-state index in [1.165, 1.54) is 28.6 Å². The zero-order chi connectivity index (χ0) is 21.2. The van der Waals surface area contributed by atoms with Gasteiger partial charge in [0.2, 0.25) is 0 Å². The zero-order valence-electron chi connectivity index (χ0n) is 17.5. The van der Waals surface area contributed by atoms with E-state index in [0.29, 0.717) is 11.7 Å². The largest absolute Gasteiger partial charge is 0.357 e. The Labute approximate surface area is 181 Å². The van der Waals surface area contributed by atoms with Crippen molar-refractivity contribution in [3.63, 3.8) is 0 Å². The molecule has 0 amide bonds. The van der Waals surface area contributed by atoms with Gasteiger partial charge in [-0.15, -0.1) is 0 Å². The molecule has 0 radical (unpaired) electrons. The van der Waals surface area contributed by atoms with Gasteiger partial charge in [0.1, 0.15) is 17.6 Å². The number of nitrogens with zero attached hydrogens (tertiary/aromatic N) is 4. The van der Waals surface area contributed by atoms with E-state index < -0.39 is 0 Å². The summed E-state index contributed by atoms with van der Waals surface area (Å²) in [6, 6.07) is 20.5. The third-order valence-corrected chi connectivity index (χ3v) is 6.06. The smallest absolute Gasteiger partial charge is 0.140 e. The fourth-order valence-electron chi connectivity index (χ4n) is 4.44. The average Bonchev–Trinajstić information content (AvgIpc) is 3.39. The molecule has 4 heterocycles. The fourth-order valence-corrected chi connectivity index (χ4v) is 4.44. The Kier molecular flexibility index (Phi) is 5.11. The topological polar surface area (TPSA) is 80.6 Å². The fraction of sp³-hybridized carbons (Fsp3) is 0.240. The Morgan fingerprint density at radius 1 is 1.16 bits per heavy atom. The second kappa shape index (κ2) is 8.21. The van der Waals surface area contributed by atoms with Crippen LogP contribution < -0.4 is 5.32 Å². The average molecular weight is 409 g/mol. The van der Waals surface area contributed by atoms with Crippen LogP contribution in [0.2, 0.25) is 0 Å². The van der Waals surface area contributed by atoms with E-state index >= 15 is 0 Å². The second-order valence-corrected chi connectivity index (χ2v) is 8.02. The standard InChI is InChI=1S/C25H24N6/c1-17-20-6-2-3-7-21(20)29-23(17)16-31-13-5-9-24(31)22-8-4-10-25(30-22)28-19-12-11-18(14-26)27-15-19/h2-4,6-8,10-12,15,24,29H,5,9,13,16H2,1H3,(H,28,30)/t24-/m1/s1. The van der Waals surface area contributed by atoms with Crippen molar-refractivity contribution in [1.29, 1.82) is 5.26 Å². The highest BCUT2D eigenvalue weighted by Crippen LogP contribution is 2.34. The van der Waals surface area contributed by atoms with Crippen molar-refractivity contribution >= 4 is 22.4 Å². The van der Waals surface area contributed by atoms with Crippen molar-refractivity contribution < 1.29 is 0 Å². The number of para-hydroxylation sites is 1. The lowest BCUT2D eigenvalue weighted by molar-refractivity contribution is 0.242. The molecule has 6 nitrogen and oxygen atoms in total. The summed E-state index contributed by atoms with van der Waals surface area (Å²) in [5.74, 6) is 0.789. The molecule has 2 N–H and O–H groups in total. The number of benzene rings is 1. The Morgan fingerprint density at radius 3 is 2.87 bits per heavy atom. The van der Waals surface area contributed by atoms with E-state index in [9.17, 15) is 0 Å². The maximum atomic E-state index is 8.91. The van der Waals surface area contributed by atoms with Crippen molar-refractivity contribution in [2.45, 2.75) is 32.4 Å². The molecule has 1 aliphatic heterocycles. The first kappa shape index (κ1) is 19.3. The number of likely N-dealkylation sites (tertiary alicyclic amines) is 1. The van der Waals surface area contributed by atoms with Gasteiger partial charge in [0.05, 0.1) is 23.6 Å². The Morgan fingerprint density at radius 2 is 2.06 bits per heavy atom. The minimum Gasteiger partial charge on any atom is -0.357 e. The summed E-state index contributed by atoms with van der Waals surface area (Å²) in [7, 11) is 0. The highest BCUT2D eigenvalue weighted by atomic mass is 15.2. The summed E-state index contributed by atoms with van der Waals surface area (Å²) in [5, 5.41) is 13.5. The van der Waals surface area contributed by atoms with Crippen LogP contribution in [0.3, 0.4) is 0 Å². The first-order valence-corrected chi connectivity index (χ1v) is 10.6. The molecular weight excluding hydrogens is 384 g/mol. The van der Waals surface area contributed by atoms with Crippen LogP contribution in [0, 0.1) is 18.3 Å². The maximum absolute atomic E-state index is 8.91. The van der Waals surface area contributed by atoms with Gasteiger partial charge < -0.3 is 10.3 Å². The van der Waals surface area contributed by atoms with E-state index in [1.54, 1.807) is 12.3 Å². The van der Waals surface area contributed by atoms with E-state index in [0.717, 1.165) is 36.7 Å². The van der Waals surface area contributed by atoms with Gasteiger partial charge in [0.15, 0.2) is 0 Å². The van der Waals surface area contributed by atoms with Gasteiger partial charge in [0.25, 0.3) is 0 Å². The molecule has 1 saturated heterocycles. The number of rotatable bonds is 5. The molecule has 0 aliphatic carbocycles. The van der Waals surface area contributed by atoms with Crippen LogP contribution in [0.15, 0.2) is 60.8 Å². The highest BCUT2D eigenvalue weighted by Gasteiger charge is 2.28. The lowest BCUT2D eigenvalue weighted by Gasteiger charge is -2.24. The molecule has 6 heteroatoms. The van der Waals surface area contributed by atoms with Crippen LogP contribution in [-0.2, 0) is 6.54 Å². The summed E-state index contributed by atoms with van der Waals surface area (Å²) in [4.78, 5) is 15.1. The van der Waals surface area contributed by atoms with E-state index in [4.69, 9.17) is 10.2 Å². The van der Waals surface area contributed by atoms with Crippen LogP contribution in [0.1, 0.15) is 41.5 Å². The molecular formula is C25H24N6. The van der Waals surface area contributed by atoms with Crippen LogP contribution >= 0.6 is 0 Å². The van der Waals surface area contributed by atoms with Gasteiger partial charge in [-0.1, -0.05) is 24.3 Å². The molecule has 0 spiro atoms. The summed E-state index contributed by atoms with van der Waals surface area (Å²) in [6.07, 6.45) is 3.93. The van der Waals surface area contributed by atoms with Crippen molar-refractivity contribution in [3.05, 3.63) is 83.4 Å². The summed E-state index contributed by atoms with van der Waals surface area (Å²) < 4.78 is 0. The highest BCUT2D eigenvalue weighted by molar-refractivity contribution is 5.84. The molecule has 0 bridgehead atoms. The van der Waals surface area contributed by atoms with Crippen LogP contribution in [0.4, 0.5) is 11.5 Å². The minimum atomic E-state index is 0.298. The minimum absolute atomic E-state index is 0.298. The zero-order valence-corrected chi connectivity index (χ0v) is 17.5. The Hall–Kier alpha value is -3.69. The monoisotopic (exact) mass is 408 g/mol. The third-order valence-electron chi connectivity index (χ3n) is 6.06. The van der Waals surface area contributed by atoms with E-state index in [1.807, 2.05) is 24.3 Å². The number of nitrogens with one attached hydrogen (secondary N) is 2. The number of hydrogen-bond acceptors (Lipinski definition) is 5. The lowest BCUT2D eigenvalue weighted by atomic mass is 10.1. The summed E-state index contributed by atoms with van der Waals surface area (Å²) in [6.45, 7) is 4.16. The van der Waals surface area contributed by atoms with Crippen molar-refractivity contribution in [2.24, 2.45) is 0 Å². The van der Waals surface area contributed by atoms with Crippen molar-refractivity contribution in [2.75, 3.05) is 11.9 Å². The van der Waals surface area contributed by atoms with Crippen molar-refractivity contribution in [3.8, 4) is 6.07 Å². The molecule has 1 atom stereocenters. The molecule has 1 aliphatic rings. The Balaban J connectivity index is 1.35.